The third-order valence-corrected chi connectivity index (χ3v) is 2.17. The van der Waals surface area contributed by atoms with E-state index >= 15 is 0 Å². The highest BCUT2D eigenvalue weighted by molar-refractivity contribution is 6.00. The molecule has 104 valence electrons. The van der Waals surface area contributed by atoms with Gasteiger partial charge in [0.1, 0.15) is 11.4 Å². The first-order valence-electron chi connectivity index (χ1n) is 4.76. The Labute approximate surface area is 121 Å². The third kappa shape index (κ3) is 3.73. The van der Waals surface area contributed by atoms with Crippen LogP contribution in [0.3, 0.4) is 0 Å². The van der Waals surface area contributed by atoms with Crippen LogP contribution in [0.4, 0.5) is 5.69 Å². The number of pyridine rings is 1. The van der Waals surface area contributed by atoms with Crippen LogP contribution >= 0.6 is 24.8 Å². The number of anilines is 1. The Balaban J connectivity index is 0.00000162. The van der Waals surface area contributed by atoms with Gasteiger partial charge in [0.2, 0.25) is 0 Å². The molecule has 7 nitrogen and oxygen atoms in total. The van der Waals surface area contributed by atoms with Crippen LogP contribution in [0.5, 0.6) is 5.75 Å². The Kier molecular flexibility index (Phi) is 6.10. The molecule has 1 atom stereocenters. The Morgan fingerprint density at radius 3 is 2.74 bits per heavy atom. The zero-order valence-corrected chi connectivity index (χ0v) is 11.2. The fraction of sp³-hybridized carbons (Fsp3) is 0.100. The molecule has 0 saturated heterocycles. The average Bonchev–Trinajstić information content (AvgIpc) is 2.29. The number of primary amides is 1. The monoisotopic (exact) mass is 306 g/mol. The van der Waals surface area contributed by atoms with Crippen molar-refractivity contribution in [1.82, 2.24) is 4.98 Å². The van der Waals surface area contributed by atoms with Gasteiger partial charge in [0, 0.05) is 12.3 Å². The van der Waals surface area contributed by atoms with Crippen molar-refractivity contribution in [3.05, 3.63) is 30.2 Å². The van der Waals surface area contributed by atoms with Crippen LogP contribution in [-0.2, 0) is 9.59 Å². The van der Waals surface area contributed by atoms with E-state index in [1.165, 1.54) is 18.5 Å². The lowest BCUT2D eigenvalue weighted by molar-refractivity contribution is -0.121. The van der Waals surface area contributed by atoms with Gasteiger partial charge in [-0.05, 0) is 6.08 Å². The van der Waals surface area contributed by atoms with E-state index in [-0.39, 0.29) is 30.5 Å². The van der Waals surface area contributed by atoms with E-state index in [1.54, 1.807) is 6.07 Å². The normalized spacial score (nSPS) is 16.9. The van der Waals surface area contributed by atoms with Gasteiger partial charge < -0.3 is 21.5 Å². The Hall–Kier alpha value is -1.99. The van der Waals surface area contributed by atoms with E-state index in [2.05, 4.69) is 10.3 Å². The lowest BCUT2D eigenvalue weighted by atomic mass is 10.2. The molecule has 0 aromatic carbocycles. The van der Waals surface area contributed by atoms with E-state index in [9.17, 15) is 9.59 Å². The number of fused-ring (bicyclic) bond motifs is 1. The van der Waals surface area contributed by atoms with Crippen molar-refractivity contribution < 1.29 is 14.3 Å². The molecule has 1 aromatic rings. The number of nitrogens with zero attached hydrogens (tertiary/aromatic N) is 1. The molecular weight excluding hydrogens is 295 g/mol. The molecule has 2 rings (SSSR count). The molecule has 1 aliphatic heterocycles. The predicted octanol–water partition coefficient (Wildman–Crippen LogP) is -0.0474. The fourth-order valence-electron chi connectivity index (χ4n) is 1.33. The molecular formula is C10H12Cl2N4O3. The minimum Gasteiger partial charge on any atom is -0.474 e. The first kappa shape index (κ1) is 17.0. The first-order valence-corrected chi connectivity index (χ1v) is 4.76. The zero-order chi connectivity index (χ0) is 12.4. The van der Waals surface area contributed by atoms with Gasteiger partial charge in [0.25, 0.3) is 11.8 Å². The van der Waals surface area contributed by atoms with Crippen molar-refractivity contribution in [1.29, 1.82) is 0 Å². The molecule has 0 spiro atoms. The standard InChI is InChI=1S/C10H10N4O3.2ClH/c11-5(9(12)15)3-8-10(16)14-6-4-13-2-1-7(6)17-8;;/h1-4,8H,11H2,(H2,12,15)(H,14,16);2*1H/t8-;;/m0../s1. The number of hydrogen-bond donors (Lipinski definition) is 3. The number of amides is 2. The van der Waals surface area contributed by atoms with Gasteiger partial charge in [0.05, 0.1) is 11.9 Å². The van der Waals surface area contributed by atoms with E-state index < -0.39 is 17.9 Å². The van der Waals surface area contributed by atoms with Crippen LogP contribution in [0.1, 0.15) is 0 Å². The summed E-state index contributed by atoms with van der Waals surface area (Å²) in [5.41, 5.74) is 10.6. The fourth-order valence-corrected chi connectivity index (χ4v) is 1.33. The second-order valence-electron chi connectivity index (χ2n) is 3.39. The number of ether oxygens (including phenoxy) is 1. The van der Waals surface area contributed by atoms with Gasteiger partial charge >= 0.3 is 0 Å². The summed E-state index contributed by atoms with van der Waals surface area (Å²) in [5, 5.41) is 2.58. The maximum absolute atomic E-state index is 11.6. The highest BCUT2D eigenvalue weighted by Crippen LogP contribution is 2.28. The van der Waals surface area contributed by atoms with Gasteiger partial charge in [-0.3, -0.25) is 14.6 Å². The van der Waals surface area contributed by atoms with Gasteiger partial charge in [-0.1, -0.05) is 0 Å². The predicted molar refractivity (Wildman–Crippen MR) is 73.2 cm³/mol. The van der Waals surface area contributed by atoms with Crippen molar-refractivity contribution in [2.75, 3.05) is 5.32 Å². The van der Waals surface area contributed by atoms with E-state index in [0.717, 1.165) is 0 Å². The molecule has 5 N–H and O–H groups in total. The molecule has 1 aromatic heterocycles. The van der Waals surface area contributed by atoms with Crippen molar-refractivity contribution in [3.63, 3.8) is 0 Å². The van der Waals surface area contributed by atoms with Crippen LogP contribution in [0, 0.1) is 0 Å². The zero-order valence-electron chi connectivity index (χ0n) is 9.53. The largest absolute Gasteiger partial charge is 0.474 e. The highest BCUT2D eigenvalue weighted by atomic mass is 35.5. The van der Waals surface area contributed by atoms with Crippen molar-refractivity contribution in [3.8, 4) is 5.75 Å². The minimum absolute atomic E-state index is 0. The summed E-state index contributed by atoms with van der Waals surface area (Å²) >= 11 is 0. The van der Waals surface area contributed by atoms with E-state index in [1.807, 2.05) is 0 Å². The SMILES string of the molecule is Cl.Cl.NC(=O)C(N)=C[C@@H]1Oc2ccncc2NC1=O. The summed E-state index contributed by atoms with van der Waals surface area (Å²) in [5.74, 6) is -0.783. The van der Waals surface area contributed by atoms with E-state index in [0.29, 0.717) is 11.4 Å². The molecule has 9 heteroatoms. The van der Waals surface area contributed by atoms with E-state index in [4.69, 9.17) is 16.2 Å². The maximum Gasteiger partial charge on any atom is 0.269 e. The van der Waals surface area contributed by atoms with Crippen LogP contribution in [0.15, 0.2) is 30.2 Å². The van der Waals surface area contributed by atoms with Crippen molar-refractivity contribution >= 4 is 42.3 Å². The first-order chi connectivity index (χ1) is 8.08. The Morgan fingerprint density at radius 2 is 2.11 bits per heavy atom. The average molecular weight is 307 g/mol. The van der Waals surface area contributed by atoms with Crippen molar-refractivity contribution in [2.24, 2.45) is 11.5 Å². The van der Waals surface area contributed by atoms with Crippen LogP contribution in [0.25, 0.3) is 0 Å². The highest BCUT2D eigenvalue weighted by Gasteiger charge is 2.26. The summed E-state index contributed by atoms with van der Waals surface area (Å²) in [7, 11) is 0. The summed E-state index contributed by atoms with van der Waals surface area (Å²) in [4.78, 5) is 26.2. The van der Waals surface area contributed by atoms with Gasteiger partial charge in [-0.15, -0.1) is 24.8 Å². The summed E-state index contributed by atoms with van der Waals surface area (Å²) < 4.78 is 5.35. The number of nitrogens with two attached hydrogens (primary N) is 2. The lowest BCUT2D eigenvalue weighted by Crippen LogP contribution is -2.37. The second kappa shape index (κ2) is 6.81. The van der Waals surface area contributed by atoms with Gasteiger partial charge in [-0.25, -0.2) is 0 Å². The number of hydrogen-bond acceptors (Lipinski definition) is 5. The van der Waals surface area contributed by atoms with Crippen molar-refractivity contribution in [2.45, 2.75) is 6.10 Å². The number of nitrogens with one attached hydrogen (secondary N) is 1. The molecule has 0 saturated carbocycles. The lowest BCUT2D eigenvalue weighted by Gasteiger charge is -2.23. The molecule has 1 aliphatic rings. The van der Waals surface area contributed by atoms with Crippen LogP contribution in [0.2, 0.25) is 0 Å². The smallest absolute Gasteiger partial charge is 0.269 e. The molecule has 0 fully saturated rings. The summed E-state index contributed by atoms with van der Waals surface area (Å²) in [6.07, 6.45) is 3.18. The quantitative estimate of drug-likeness (QED) is 0.662. The topological polar surface area (TPSA) is 120 Å². The molecule has 19 heavy (non-hydrogen) atoms. The number of aromatic nitrogens is 1. The van der Waals surface area contributed by atoms with Crippen LogP contribution < -0.4 is 21.5 Å². The van der Waals surface area contributed by atoms with Gasteiger partial charge in [-0.2, -0.15) is 0 Å². The number of rotatable bonds is 2. The number of halogens is 2. The third-order valence-electron chi connectivity index (χ3n) is 2.17. The molecule has 0 unspecified atom stereocenters. The minimum atomic E-state index is -0.975. The molecule has 2 heterocycles. The number of carbonyl (C=O) groups is 2. The summed E-state index contributed by atoms with van der Waals surface area (Å²) in [6, 6.07) is 1.59. The molecule has 0 bridgehead atoms. The van der Waals surface area contributed by atoms with Gasteiger partial charge in [0.15, 0.2) is 6.10 Å². The molecule has 2 amide bonds. The molecule has 0 aliphatic carbocycles. The summed E-state index contributed by atoms with van der Waals surface area (Å²) in [6.45, 7) is 0. The molecule has 0 radical (unpaired) electrons. The maximum atomic E-state index is 11.6. The second-order valence-corrected chi connectivity index (χ2v) is 3.39. The Morgan fingerprint density at radius 1 is 1.42 bits per heavy atom. The Bertz CT molecular complexity index is 521. The van der Waals surface area contributed by atoms with Crippen LogP contribution in [-0.4, -0.2) is 22.9 Å². The number of carbonyl (C=O) groups excluding carboxylic acids is 2.